The predicted molar refractivity (Wildman–Crippen MR) is 40.7 cm³/mol. The van der Waals surface area contributed by atoms with Gasteiger partial charge in [-0.2, -0.15) is 0 Å². The SMILES string of the molecule is COc1cc[n+](C)cc1OC. The highest BCUT2D eigenvalue weighted by Crippen LogP contribution is 2.22. The van der Waals surface area contributed by atoms with Gasteiger partial charge >= 0.3 is 0 Å². The van der Waals surface area contributed by atoms with Crippen molar-refractivity contribution in [1.82, 2.24) is 0 Å². The molecule has 3 heteroatoms. The van der Waals surface area contributed by atoms with Crippen LogP contribution in [0.4, 0.5) is 0 Å². The van der Waals surface area contributed by atoms with Gasteiger partial charge in [-0.3, -0.25) is 0 Å². The number of nitrogens with zero attached hydrogens (tertiary/aromatic N) is 1. The largest absolute Gasteiger partial charge is 0.492 e. The Morgan fingerprint density at radius 1 is 1.18 bits per heavy atom. The van der Waals surface area contributed by atoms with Gasteiger partial charge in [0, 0.05) is 6.07 Å². The Morgan fingerprint density at radius 2 is 1.82 bits per heavy atom. The molecule has 0 atom stereocenters. The maximum absolute atomic E-state index is 5.07. The third-order valence-electron chi connectivity index (χ3n) is 1.46. The molecule has 0 spiro atoms. The summed E-state index contributed by atoms with van der Waals surface area (Å²) in [5.41, 5.74) is 0. The van der Waals surface area contributed by atoms with Crippen LogP contribution in [0.5, 0.6) is 11.5 Å². The van der Waals surface area contributed by atoms with E-state index >= 15 is 0 Å². The first-order chi connectivity index (χ1) is 5.27. The Hall–Kier alpha value is -1.25. The molecular weight excluding hydrogens is 142 g/mol. The van der Waals surface area contributed by atoms with Crippen molar-refractivity contribution in [2.45, 2.75) is 0 Å². The monoisotopic (exact) mass is 154 g/mol. The van der Waals surface area contributed by atoms with Crippen molar-refractivity contribution < 1.29 is 14.0 Å². The van der Waals surface area contributed by atoms with Crippen LogP contribution < -0.4 is 14.0 Å². The number of hydrogen-bond acceptors (Lipinski definition) is 2. The molecule has 1 rings (SSSR count). The molecular formula is C8H12NO2+. The lowest BCUT2D eigenvalue weighted by molar-refractivity contribution is -0.671. The zero-order valence-corrected chi connectivity index (χ0v) is 7.00. The maximum atomic E-state index is 5.07. The molecule has 0 amide bonds. The minimum absolute atomic E-state index is 0.748. The summed E-state index contributed by atoms with van der Waals surface area (Å²) in [6, 6.07) is 1.86. The van der Waals surface area contributed by atoms with Crippen LogP contribution in [0.2, 0.25) is 0 Å². The second-order valence-corrected chi connectivity index (χ2v) is 2.25. The van der Waals surface area contributed by atoms with Crippen LogP contribution in [0.3, 0.4) is 0 Å². The first-order valence-corrected chi connectivity index (χ1v) is 3.35. The summed E-state index contributed by atoms with van der Waals surface area (Å²) in [6.45, 7) is 0. The lowest BCUT2D eigenvalue weighted by atomic mass is 10.4. The molecule has 0 radical (unpaired) electrons. The van der Waals surface area contributed by atoms with E-state index in [0.29, 0.717) is 0 Å². The Kier molecular flexibility index (Phi) is 2.31. The predicted octanol–water partition coefficient (Wildman–Crippen LogP) is 0.528. The Morgan fingerprint density at radius 3 is 2.36 bits per heavy atom. The molecule has 0 aliphatic carbocycles. The fourth-order valence-electron chi connectivity index (χ4n) is 0.881. The Labute approximate surface area is 66.2 Å². The van der Waals surface area contributed by atoms with Crippen LogP contribution in [0.1, 0.15) is 0 Å². The minimum Gasteiger partial charge on any atom is -0.492 e. The van der Waals surface area contributed by atoms with E-state index in [0.717, 1.165) is 11.5 Å². The van der Waals surface area contributed by atoms with Gasteiger partial charge in [0.1, 0.15) is 7.05 Å². The molecule has 1 aromatic heterocycles. The van der Waals surface area contributed by atoms with E-state index in [2.05, 4.69) is 0 Å². The fraction of sp³-hybridized carbons (Fsp3) is 0.375. The van der Waals surface area contributed by atoms with Crippen LogP contribution in [0, 0.1) is 0 Å². The number of aryl methyl sites for hydroxylation is 1. The highest BCUT2D eigenvalue weighted by atomic mass is 16.5. The van der Waals surface area contributed by atoms with Crippen LogP contribution >= 0.6 is 0 Å². The number of hydrogen-bond donors (Lipinski definition) is 0. The quantitative estimate of drug-likeness (QED) is 0.580. The number of methoxy groups -OCH3 is 2. The van der Waals surface area contributed by atoms with E-state index in [9.17, 15) is 0 Å². The second kappa shape index (κ2) is 3.23. The summed E-state index contributed by atoms with van der Waals surface area (Å²) in [5.74, 6) is 1.50. The molecule has 0 N–H and O–H groups in total. The van der Waals surface area contributed by atoms with Gasteiger partial charge in [-0.15, -0.1) is 0 Å². The Bertz CT molecular complexity index is 248. The van der Waals surface area contributed by atoms with E-state index in [1.807, 2.05) is 30.1 Å². The van der Waals surface area contributed by atoms with Crippen molar-refractivity contribution in [3.8, 4) is 11.5 Å². The molecule has 1 heterocycles. The van der Waals surface area contributed by atoms with Crippen molar-refractivity contribution in [2.75, 3.05) is 14.2 Å². The molecule has 11 heavy (non-hydrogen) atoms. The van der Waals surface area contributed by atoms with Crippen molar-refractivity contribution in [2.24, 2.45) is 7.05 Å². The van der Waals surface area contributed by atoms with Crippen LogP contribution in [0.15, 0.2) is 18.5 Å². The van der Waals surface area contributed by atoms with E-state index in [1.54, 1.807) is 14.2 Å². The summed E-state index contributed by atoms with van der Waals surface area (Å²) in [5, 5.41) is 0. The van der Waals surface area contributed by atoms with Crippen LogP contribution in [-0.4, -0.2) is 14.2 Å². The second-order valence-electron chi connectivity index (χ2n) is 2.25. The van der Waals surface area contributed by atoms with Crippen molar-refractivity contribution in [3.05, 3.63) is 18.5 Å². The van der Waals surface area contributed by atoms with E-state index in [1.165, 1.54) is 0 Å². The summed E-state index contributed by atoms with van der Waals surface area (Å²) < 4.78 is 12.0. The summed E-state index contributed by atoms with van der Waals surface area (Å²) >= 11 is 0. The highest BCUT2D eigenvalue weighted by molar-refractivity contribution is 5.34. The molecule has 0 fully saturated rings. The smallest absolute Gasteiger partial charge is 0.225 e. The van der Waals surface area contributed by atoms with Crippen molar-refractivity contribution in [1.29, 1.82) is 0 Å². The van der Waals surface area contributed by atoms with Gasteiger partial charge in [-0.05, 0) is 0 Å². The normalized spacial score (nSPS) is 9.36. The van der Waals surface area contributed by atoms with E-state index < -0.39 is 0 Å². The van der Waals surface area contributed by atoms with Crippen molar-refractivity contribution in [3.63, 3.8) is 0 Å². The lowest BCUT2D eigenvalue weighted by Gasteiger charge is -2.03. The first kappa shape index (κ1) is 7.85. The molecule has 60 valence electrons. The number of aromatic nitrogens is 1. The van der Waals surface area contributed by atoms with Gasteiger partial charge in [0.25, 0.3) is 0 Å². The number of ether oxygens (including phenoxy) is 2. The van der Waals surface area contributed by atoms with E-state index in [-0.39, 0.29) is 0 Å². The molecule has 0 aliphatic rings. The van der Waals surface area contributed by atoms with Crippen LogP contribution in [0.25, 0.3) is 0 Å². The van der Waals surface area contributed by atoms with Gasteiger partial charge in [-0.25, -0.2) is 4.57 Å². The average molecular weight is 154 g/mol. The molecule has 1 aromatic rings. The van der Waals surface area contributed by atoms with E-state index in [4.69, 9.17) is 9.47 Å². The standard InChI is InChI=1S/C8H12NO2/c1-9-5-4-7(10-2)8(6-9)11-3/h4-6H,1-3H3/q+1. The van der Waals surface area contributed by atoms with Gasteiger partial charge in [-0.1, -0.05) is 0 Å². The summed E-state index contributed by atoms with van der Waals surface area (Å²) in [7, 11) is 5.18. The molecule has 0 aromatic carbocycles. The molecule has 0 saturated carbocycles. The molecule has 3 nitrogen and oxygen atoms in total. The molecule has 0 bridgehead atoms. The summed E-state index contributed by atoms with van der Waals surface area (Å²) in [6.07, 6.45) is 3.76. The minimum atomic E-state index is 0.748. The average Bonchev–Trinajstić information content (AvgIpc) is 2.04. The molecule has 0 aliphatic heterocycles. The summed E-state index contributed by atoms with van der Waals surface area (Å²) in [4.78, 5) is 0. The first-order valence-electron chi connectivity index (χ1n) is 3.35. The zero-order chi connectivity index (χ0) is 8.27. The third kappa shape index (κ3) is 1.61. The van der Waals surface area contributed by atoms with Crippen LogP contribution in [-0.2, 0) is 7.05 Å². The van der Waals surface area contributed by atoms with Gasteiger partial charge < -0.3 is 9.47 Å². The zero-order valence-electron chi connectivity index (χ0n) is 7.00. The fourth-order valence-corrected chi connectivity index (χ4v) is 0.881. The number of rotatable bonds is 2. The topological polar surface area (TPSA) is 22.3 Å². The molecule has 0 unspecified atom stereocenters. The maximum Gasteiger partial charge on any atom is 0.225 e. The Balaban J connectivity index is 3.06. The lowest BCUT2D eigenvalue weighted by Crippen LogP contribution is -2.26. The molecule has 0 saturated heterocycles. The number of pyridine rings is 1. The van der Waals surface area contributed by atoms with Gasteiger partial charge in [0.05, 0.1) is 14.2 Å². The van der Waals surface area contributed by atoms with Crippen molar-refractivity contribution >= 4 is 0 Å². The van der Waals surface area contributed by atoms with Gasteiger partial charge in [0.2, 0.25) is 11.9 Å². The highest BCUT2D eigenvalue weighted by Gasteiger charge is 2.06. The third-order valence-corrected chi connectivity index (χ3v) is 1.46. The van der Waals surface area contributed by atoms with Gasteiger partial charge in [0.15, 0.2) is 11.9 Å².